The minimum Gasteiger partial charge on any atom is -0.326 e. The summed E-state index contributed by atoms with van der Waals surface area (Å²) in [5.74, 6) is -0.431. The average molecular weight is 390 g/mol. The number of amides is 1. The molecule has 0 heterocycles. The number of aryl methyl sites for hydroxylation is 1. The lowest BCUT2D eigenvalue weighted by molar-refractivity contribution is -0.115. The number of anilines is 1. The van der Waals surface area contributed by atoms with Gasteiger partial charge in [0, 0.05) is 24.1 Å². The van der Waals surface area contributed by atoms with Gasteiger partial charge in [0.25, 0.3) is 0 Å². The molecule has 2 N–H and O–H groups in total. The predicted molar refractivity (Wildman–Crippen MR) is 103 cm³/mol. The Morgan fingerprint density at radius 1 is 1.15 bits per heavy atom. The molecule has 1 aliphatic carbocycles. The Bertz CT molecular complexity index is 952. The Morgan fingerprint density at radius 2 is 1.81 bits per heavy atom. The summed E-state index contributed by atoms with van der Waals surface area (Å²) in [6.07, 6.45) is 2.08. The first-order valence-electron chi connectivity index (χ1n) is 8.92. The fourth-order valence-corrected chi connectivity index (χ4v) is 4.46. The molecule has 27 heavy (non-hydrogen) atoms. The Labute approximate surface area is 159 Å². The molecule has 0 atom stereocenters. The van der Waals surface area contributed by atoms with Crippen LogP contribution in [0, 0.1) is 12.7 Å². The van der Waals surface area contributed by atoms with Gasteiger partial charge in [0.1, 0.15) is 5.82 Å². The molecular weight excluding hydrogens is 367 g/mol. The monoisotopic (exact) mass is 390 g/mol. The van der Waals surface area contributed by atoms with Crippen LogP contribution in [0.25, 0.3) is 0 Å². The standard InChI is InChI=1S/C20H23FN2O3S/c1-3-19(24)23-17-8-9-18(14(2)12-17)27(25,26)22-13-20(10-11-20)15-4-6-16(21)7-5-15/h4-9,12,22H,3,10-11,13H2,1-2H3,(H,23,24). The highest BCUT2D eigenvalue weighted by Crippen LogP contribution is 2.47. The van der Waals surface area contributed by atoms with Gasteiger partial charge in [0.2, 0.25) is 15.9 Å². The topological polar surface area (TPSA) is 75.3 Å². The van der Waals surface area contributed by atoms with Crippen molar-refractivity contribution in [1.82, 2.24) is 4.72 Å². The van der Waals surface area contributed by atoms with Crippen molar-refractivity contribution in [2.45, 2.75) is 43.4 Å². The third kappa shape index (κ3) is 4.36. The molecule has 5 nitrogen and oxygen atoms in total. The summed E-state index contributed by atoms with van der Waals surface area (Å²) in [6, 6.07) is 11.0. The smallest absolute Gasteiger partial charge is 0.240 e. The largest absolute Gasteiger partial charge is 0.326 e. The summed E-state index contributed by atoms with van der Waals surface area (Å²) in [5.41, 5.74) is 1.82. The van der Waals surface area contributed by atoms with E-state index in [1.807, 2.05) is 0 Å². The van der Waals surface area contributed by atoms with Crippen molar-refractivity contribution in [1.29, 1.82) is 0 Å². The molecule has 1 aliphatic rings. The molecular formula is C20H23FN2O3S. The summed E-state index contributed by atoms with van der Waals surface area (Å²) >= 11 is 0. The molecule has 3 rings (SSSR count). The maximum Gasteiger partial charge on any atom is 0.240 e. The fourth-order valence-electron chi connectivity index (χ4n) is 3.11. The molecule has 0 aromatic heterocycles. The molecule has 1 saturated carbocycles. The average Bonchev–Trinajstić information content (AvgIpc) is 3.41. The second-order valence-corrected chi connectivity index (χ2v) is 8.73. The van der Waals surface area contributed by atoms with Crippen LogP contribution in [0.3, 0.4) is 0 Å². The molecule has 1 fully saturated rings. The highest BCUT2D eigenvalue weighted by molar-refractivity contribution is 7.89. The molecule has 0 spiro atoms. The normalized spacial score (nSPS) is 15.4. The third-order valence-electron chi connectivity index (χ3n) is 4.98. The number of hydrogen-bond acceptors (Lipinski definition) is 3. The number of rotatable bonds is 7. The van der Waals surface area contributed by atoms with E-state index in [4.69, 9.17) is 0 Å². The van der Waals surface area contributed by atoms with E-state index in [0.717, 1.165) is 18.4 Å². The molecule has 2 aromatic rings. The van der Waals surface area contributed by atoms with Gasteiger partial charge in [-0.25, -0.2) is 17.5 Å². The Balaban J connectivity index is 1.73. The van der Waals surface area contributed by atoms with Gasteiger partial charge >= 0.3 is 0 Å². The van der Waals surface area contributed by atoms with E-state index in [1.54, 1.807) is 38.1 Å². The SMILES string of the molecule is CCC(=O)Nc1ccc(S(=O)(=O)NCC2(c3ccc(F)cc3)CC2)c(C)c1. The van der Waals surface area contributed by atoms with Gasteiger partial charge in [-0.05, 0) is 61.2 Å². The van der Waals surface area contributed by atoms with Crippen molar-refractivity contribution in [3.63, 3.8) is 0 Å². The number of carbonyl (C=O) groups excluding carboxylic acids is 1. The van der Waals surface area contributed by atoms with E-state index in [-0.39, 0.29) is 28.6 Å². The maximum atomic E-state index is 13.1. The third-order valence-corrected chi connectivity index (χ3v) is 6.54. The maximum absolute atomic E-state index is 13.1. The molecule has 0 bridgehead atoms. The second-order valence-electron chi connectivity index (χ2n) is 6.99. The number of hydrogen-bond donors (Lipinski definition) is 2. The molecule has 2 aromatic carbocycles. The van der Waals surface area contributed by atoms with Gasteiger partial charge in [0.05, 0.1) is 4.90 Å². The van der Waals surface area contributed by atoms with Crippen LogP contribution in [0.2, 0.25) is 0 Å². The van der Waals surface area contributed by atoms with Gasteiger partial charge < -0.3 is 5.32 Å². The number of sulfonamides is 1. The summed E-state index contributed by atoms with van der Waals surface area (Å²) in [4.78, 5) is 11.7. The van der Waals surface area contributed by atoms with Gasteiger partial charge in [-0.1, -0.05) is 19.1 Å². The minimum atomic E-state index is -3.69. The van der Waals surface area contributed by atoms with Gasteiger partial charge in [0.15, 0.2) is 0 Å². The Morgan fingerprint density at radius 3 is 2.37 bits per heavy atom. The van der Waals surface area contributed by atoms with E-state index < -0.39 is 10.0 Å². The van der Waals surface area contributed by atoms with Gasteiger partial charge in [-0.3, -0.25) is 4.79 Å². The molecule has 7 heteroatoms. The second kappa shape index (κ2) is 7.40. The van der Waals surface area contributed by atoms with Crippen molar-refractivity contribution < 1.29 is 17.6 Å². The highest BCUT2D eigenvalue weighted by Gasteiger charge is 2.44. The molecule has 1 amide bonds. The van der Waals surface area contributed by atoms with Crippen LogP contribution in [0.4, 0.5) is 10.1 Å². The Hall–Kier alpha value is -2.25. The zero-order chi connectivity index (χ0) is 19.7. The van der Waals surface area contributed by atoms with E-state index in [9.17, 15) is 17.6 Å². The summed E-state index contributed by atoms with van der Waals surface area (Å²) in [6.45, 7) is 3.72. The number of halogens is 1. The lowest BCUT2D eigenvalue weighted by Crippen LogP contribution is -2.32. The quantitative estimate of drug-likeness (QED) is 0.760. The van der Waals surface area contributed by atoms with Gasteiger partial charge in [-0.15, -0.1) is 0 Å². The van der Waals surface area contributed by atoms with E-state index in [0.29, 0.717) is 17.7 Å². The van der Waals surface area contributed by atoms with Crippen LogP contribution in [0.5, 0.6) is 0 Å². The van der Waals surface area contributed by atoms with Crippen molar-refractivity contribution >= 4 is 21.6 Å². The van der Waals surface area contributed by atoms with Gasteiger partial charge in [-0.2, -0.15) is 0 Å². The van der Waals surface area contributed by atoms with Crippen LogP contribution in [0.1, 0.15) is 37.3 Å². The van der Waals surface area contributed by atoms with Crippen LogP contribution in [-0.4, -0.2) is 20.9 Å². The first-order valence-corrected chi connectivity index (χ1v) is 10.4. The van der Waals surface area contributed by atoms with Crippen LogP contribution >= 0.6 is 0 Å². The molecule has 0 saturated heterocycles. The van der Waals surface area contributed by atoms with Crippen LogP contribution in [0.15, 0.2) is 47.4 Å². The molecule has 0 radical (unpaired) electrons. The van der Waals surface area contributed by atoms with Crippen LogP contribution < -0.4 is 10.0 Å². The minimum absolute atomic E-state index is 0.127. The molecule has 144 valence electrons. The zero-order valence-corrected chi connectivity index (χ0v) is 16.2. The van der Waals surface area contributed by atoms with E-state index >= 15 is 0 Å². The molecule has 0 unspecified atom stereocenters. The first-order chi connectivity index (χ1) is 12.8. The number of benzene rings is 2. The zero-order valence-electron chi connectivity index (χ0n) is 15.4. The summed E-state index contributed by atoms with van der Waals surface area (Å²) < 4.78 is 41.3. The van der Waals surface area contributed by atoms with E-state index in [1.165, 1.54) is 18.2 Å². The first kappa shape index (κ1) is 19.5. The fraction of sp³-hybridized carbons (Fsp3) is 0.350. The van der Waals surface area contributed by atoms with Crippen molar-refractivity contribution in [3.05, 3.63) is 59.4 Å². The number of carbonyl (C=O) groups is 1. The van der Waals surface area contributed by atoms with Crippen molar-refractivity contribution in [3.8, 4) is 0 Å². The summed E-state index contributed by atoms with van der Waals surface area (Å²) in [7, 11) is -3.69. The van der Waals surface area contributed by atoms with Crippen molar-refractivity contribution in [2.75, 3.05) is 11.9 Å². The predicted octanol–water partition coefficient (Wildman–Crippen LogP) is 3.49. The molecule has 0 aliphatic heterocycles. The lowest BCUT2D eigenvalue weighted by Gasteiger charge is -2.18. The van der Waals surface area contributed by atoms with Crippen LogP contribution in [-0.2, 0) is 20.2 Å². The summed E-state index contributed by atoms with van der Waals surface area (Å²) in [5, 5.41) is 2.72. The lowest BCUT2D eigenvalue weighted by atomic mass is 9.96. The van der Waals surface area contributed by atoms with E-state index in [2.05, 4.69) is 10.0 Å². The van der Waals surface area contributed by atoms with Crippen molar-refractivity contribution in [2.24, 2.45) is 0 Å². The number of nitrogens with one attached hydrogen (secondary N) is 2. The Kier molecular flexibility index (Phi) is 5.35. The highest BCUT2D eigenvalue weighted by atomic mass is 32.2.